The second-order valence-corrected chi connectivity index (χ2v) is 7.47. The smallest absolute Gasteiger partial charge is 0.283 e. The quantitative estimate of drug-likeness (QED) is 0.631. The summed E-state index contributed by atoms with van der Waals surface area (Å²) in [5.74, 6) is -2.25. The van der Waals surface area contributed by atoms with Crippen LogP contribution in [-0.2, 0) is 15.0 Å². The lowest BCUT2D eigenvalue weighted by molar-refractivity contribution is -0.0446. The number of nitrogens with zero attached hydrogens (tertiary/aromatic N) is 3. The van der Waals surface area contributed by atoms with Crippen molar-refractivity contribution in [3.8, 4) is 5.88 Å². The predicted molar refractivity (Wildman–Crippen MR) is 111 cm³/mol. The highest BCUT2D eigenvalue weighted by atomic mass is 19.1. The van der Waals surface area contributed by atoms with Gasteiger partial charge >= 0.3 is 0 Å². The summed E-state index contributed by atoms with van der Waals surface area (Å²) >= 11 is 0. The van der Waals surface area contributed by atoms with E-state index in [1.807, 2.05) is 0 Å². The number of benzene rings is 1. The van der Waals surface area contributed by atoms with Crippen LogP contribution in [0.2, 0.25) is 0 Å². The third kappa shape index (κ3) is 4.21. The maximum atomic E-state index is 15.0. The number of hydrogen-bond donors (Lipinski definition) is 2. The van der Waals surface area contributed by atoms with Gasteiger partial charge in [-0.15, -0.1) is 0 Å². The minimum absolute atomic E-state index is 0.0449. The first-order valence-corrected chi connectivity index (χ1v) is 9.83. The Morgan fingerprint density at radius 1 is 1.33 bits per heavy atom. The molecule has 4 rings (SSSR count). The van der Waals surface area contributed by atoms with Crippen molar-refractivity contribution in [3.63, 3.8) is 0 Å². The molecule has 3 heterocycles. The maximum Gasteiger partial charge on any atom is 0.283 e. The van der Waals surface area contributed by atoms with E-state index in [2.05, 4.69) is 31.6 Å². The monoisotopic (exact) mass is 463 g/mol. The molecule has 0 aliphatic carbocycles. The van der Waals surface area contributed by atoms with Crippen molar-refractivity contribution in [2.24, 2.45) is 16.6 Å². The zero-order valence-corrected chi connectivity index (χ0v) is 17.3. The highest BCUT2D eigenvalue weighted by molar-refractivity contribution is 6.02. The Kier molecular flexibility index (Phi) is 6.18. The first-order chi connectivity index (χ1) is 15.9. The molecule has 12 heteroatoms. The van der Waals surface area contributed by atoms with Gasteiger partial charge in [-0.05, 0) is 23.8 Å². The molecular weight excluding hydrogens is 443 g/mol. The molecule has 1 aromatic heterocycles. The second kappa shape index (κ2) is 9.06. The lowest BCUT2D eigenvalue weighted by atomic mass is 9.73. The molecule has 0 saturated carbocycles. The first kappa shape index (κ1) is 22.5. The van der Waals surface area contributed by atoms with Crippen molar-refractivity contribution < 1.29 is 32.2 Å². The molecular formula is C21H20F3N5O4. The van der Waals surface area contributed by atoms with Gasteiger partial charge in [-0.3, -0.25) is 4.79 Å². The number of carbonyl (C=O) groups excluding carboxylic acids is 1. The van der Waals surface area contributed by atoms with Crippen molar-refractivity contribution in [1.29, 1.82) is 0 Å². The Morgan fingerprint density at radius 2 is 2.15 bits per heavy atom. The standard InChI is InChI=1S/C21H20F3N5O4/c1-11-7-31-8-14-18(11)33-20(25)29-21(14,9-22)13-4-12(2-3-15(13)24)28-19(30)16-5-27-17(6-26-16)32-10-23/h2-6,14,18H,1,7-10H2,(H2,25,29)(H,28,30)/t14-,18+,21+/m0/s1. The fraction of sp³-hybridized carbons (Fsp3) is 0.333. The van der Waals surface area contributed by atoms with E-state index in [0.717, 1.165) is 18.5 Å². The van der Waals surface area contributed by atoms with E-state index < -0.39 is 42.8 Å². The van der Waals surface area contributed by atoms with Crippen molar-refractivity contribution >= 4 is 17.6 Å². The average Bonchev–Trinajstić information content (AvgIpc) is 2.81. The molecule has 1 saturated heterocycles. The number of alkyl halides is 2. The molecule has 2 aliphatic rings. The van der Waals surface area contributed by atoms with Gasteiger partial charge in [0.1, 0.15) is 29.8 Å². The number of rotatable bonds is 6. The van der Waals surface area contributed by atoms with Crippen molar-refractivity contribution in [3.05, 3.63) is 59.8 Å². The number of aliphatic imine (C=N–C) groups is 1. The van der Waals surface area contributed by atoms with Gasteiger partial charge in [-0.2, -0.15) is 0 Å². The number of halogens is 3. The summed E-state index contributed by atoms with van der Waals surface area (Å²) in [7, 11) is 0. The Bertz CT molecular complexity index is 1100. The van der Waals surface area contributed by atoms with E-state index in [1.165, 1.54) is 12.1 Å². The number of aromatic nitrogens is 2. The summed E-state index contributed by atoms with van der Waals surface area (Å²) in [6, 6.07) is 3.37. The van der Waals surface area contributed by atoms with Crippen LogP contribution in [0.1, 0.15) is 16.1 Å². The lowest BCUT2D eigenvalue weighted by Crippen LogP contribution is -2.55. The lowest BCUT2D eigenvalue weighted by Gasteiger charge is -2.46. The Labute approximate surface area is 186 Å². The summed E-state index contributed by atoms with van der Waals surface area (Å²) in [6.45, 7) is 1.94. The molecule has 9 nitrogen and oxygen atoms in total. The maximum absolute atomic E-state index is 15.0. The molecule has 1 fully saturated rings. The zero-order chi connectivity index (χ0) is 23.6. The van der Waals surface area contributed by atoms with Gasteiger partial charge in [-0.1, -0.05) is 6.58 Å². The van der Waals surface area contributed by atoms with Crippen LogP contribution in [0.3, 0.4) is 0 Å². The molecule has 0 unspecified atom stereocenters. The summed E-state index contributed by atoms with van der Waals surface area (Å²) in [4.78, 5) is 24.3. The number of nitrogens with two attached hydrogens (primary N) is 1. The highest BCUT2D eigenvalue weighted by Gasteiger charge is 2.53. The van der Waals surface area contributed by atoms with Crippen molar-refractivity contribution in [2.45, 2.75) is 11.6 Å². The fourth-order valence-corrected chi connectivity index (χ4v) is 3.92. The normalized spacial score (nSPS) is 24.3. The largest absolute Gasteiger partial charge is 0.457 e. The number of hydrogen-bond acceptors (Lipinski definition) is 8. The van der Waals surface area contributed by atoms with Crippen LogP contribution >= 0.6 is 0 Å². The molecule has 174 valence electrons. The zero-order valence-electron chi connectivity index (χ0n) is 17.3. The van der Waals surface area contributed by atoms with Crippen LogP contribution < -0.4 is 15.8 Å². The van der Waals surface area contributed by atoms with Crippen molar-refractivity contribution in [1.82, 2.24) is 9.97 Å². The molecule has 0 spiro atoms. The van der Waals surface area contributed by atoms with Crippen molar-refractivity contribution in [2.75, 3.05) is 32.1 Å². The third-order valence-corrected chi connectivity index (χ3v) is 5.48. The molecule has 33 heavy (non-hydrogen) atoms. The van der Waals surface area contributed by atoms with Gasteiger partial charge in [0.2, 0.25) is 12.7 Å². The van der Waals surface area contributed by atoms with Gasteiger partial charge in [0, 0.05) is 11.3 Å². The van der Waals surface area contributed by atoms with Gasteiger partial charge in [0.15, 0.2) is 0 Å². The molecule has 3 N–H and O–H groups in total. The summed E-state index contributed by atoms with van der Waals surface area (Å²) < 4.78 is 57.4. The number of nitrogens with one attached hydrogen (secondary N) is 1. The van der Waals surface area contributed by atoms with Gasteiger partial charge in [-0.25, -0.2) is 28.1 Å². The SMILES string of the molecule is C=C1COC[C@H]2[C@@H]1OC(N)=N[C@]2(CF)c1cc(NC(=O)c2cnc(OCF)cn2)ccc1F. The molecule has 1 aromatic carbocycles. The summed E-state index contributed by atoms with van der Waals surface area (Å²) in [5, 5.41) is 2.54. The number of anilines is 1. The molecule has 0 bridgehead atoms. The van der Waals surface area contributed by atoms with Crippen LogP contribution in [0.25, 0.3) is 0 Å². The number of amidine groups is 1. The topological polar surface area (TPSA) is 121 Å². The second-order valence-electron chi connectivity index (χ2n) is 7.47. The molecule has 3 atom stereocenters. The molecule has 2 aliphatic heterocycles. The van der Waals surface area contributed by atoms with Gasteiger partial charge < -0.3 is 25.3 Å². The van der Waals surface area contributed by atoms with Crippen LogP contribution in [0.15, 0.2) is 47.7 Å². The summed E-state index contributed by atoms with van der Waals surface area (Å²) in [5.41, 5.74) is 4.53. The fourth-order valence-electron chi connectivity index (χ4n) is 3.92. The Balaban J connectivity index is 1.66. The molecule has 0 radical (unpaired) electrons. The van der Waals surface area contributed by atoms with Gasteiger partial charge in [0.25, 0.3) is 11.9 Å². The third-order valence-electron chi connectivity index (χ3n) is 5.48. The van der Waals surface area contributed by atoms with Crippen LogP contribution in [0.4, 0.5) is 18.9 Å². The van der Waals surface area contributed by atoms with Crippen LogP contribution in [0.5, 0.6) is 5.88 Å². The first-order valence-electron chi connectivity index (χ1n) is 9.83. The number of carbonyl (C=O) groups is 1. The number of ether oxygens (including phenoxy) is 3. The minimum atomic E-state index is -1.74. The van der Waals surface area contributed by atoms with E-state index in [-0.39, 0.29) is 42.1 Å². The molecule has 1 amide bonds. The average molecular weight is 463 g/mol. The molecule has 2 aromatic rings. The van der Waals surface area contributed by atoms with E-state index >= 15 is 0 Å². The van der Waals surface area contributed by atoms with E-state index in [4.69, 9.17) is 15.2 Å². The van der Waals surface area contributed by atoms with Crippen LogP contribution in [-0.4, -0.2) is 54.7 Å². The Morgan fingerprint density at radius 3 is 2.85 bits per heavy atom. The van der Waals surface area contributed by atoms with E-state index in [0.29, 0.717) is 5.57 Å². The van der Waals surface area contributed by atoms with E-state index in [9.17, 15) is 18.0 Å². The highest BCUT2D eigenvalue weighted by Crippen LogP contribution is 2.45. The Hall–Kier alpha value is -3.67. The minimum Gasteiger partial charge on any atom is -0.457 e. The van der Waals surface area contributed by atoms with E-state index in [1.54, 1.807) is 0 Å². The predicted octanol–water partition coefficient (Wildman–Crippen LogP) is 2.25. The number of amides is 1. The van der Waals surface area contributed by atoms with Gasteiger partial charge in [0.05, 0.1) is 31.5 Å². The summed E-state index contributed by atoms with van der Waals surface area (Å²) in [6.07, 6.45) is 1.47. The van der Waals surface area contributed by atoms with Crippen LogP contribution in [0, 0.1) is 11.7 Å². The number of fused-ring (bicyclic) bond motifs is 1.